The van der Waals surface area contributed by atoms with E-state index in [1.165, 1.54) is 13.2 Å². The number of nitrogens with zero attached hydrogens (tertiary/aromatic N) is 1. The first-order valence-electron chi connectivity index (χ1n) is 8.03. The number of Topliss-reactive ketones (excluding diaryl/α,β-unsaturated/α-hetero) is 1. The number of nitrogens with one attached hydrogen (secondary N) is 1. The molecule has 1 unspecified atom stereocenters. The number of carbonyl (C=O) groups is 2. The van der Waals surface area contributed by atoms with E-state index in [9.17, 15) is 14.0 Å². The number of ether oxygens (including phenoxy) is 1. The van der Waals surface area contributed by atoms with E-state index in [-0.39, 0.29) is 11.6 Å². The van der Waals surface area contributed by atoms with Gasteiger partial charge in [-0.1, -0.05) is 18.2 Å². The van der Waals surface area contributed by atoms with Crippen molar-refractivity contribution < 1.29 is 18.7 Å². The third kappa shape index (κ3) is 3.79. The summed E-state index contributed by atoms with van der Waals surface area (Å²) in [5.74, 6) is -0.930. The quantitative estimate of drug-likeness (QED) is 0.644. The van der Waals surface area contributed by atoms with Gasteiger partial charge in [0.05, 0.1) is 24.4 Å². The highest BCUT2D eigenvalue weighted by atomic mass is 19.1. The van der Waals surface area contributed by atoms with Crippen molar-refractivity contribution in [2.75, 3.05) is 14.2 Å². The van der Waals surface area contributed by atoms with Crippen LogP contribution in [0, 0.1) is 19.7 Å². The Morgan fingerprint density at radius 2 is 1.92 bits per heavy atom. The van der Waals surface area contributed by atoms with Crippen molar-refractivity contribution in [1.29, 1.82) is 0 Å². The summed E-state index contributed by atoms with van der Waals surface area (Å²) in [6.07, 6.45) is 0. The summed E-state index contributed by atoms with van der Waals surface area (Å²) in [5.41, 5.74) is 2.46. The number of esters is 1. The molecular formula is C19H23FN2O3. The molecular weight excluding hydrogens is 323 g/mol. The zero-order valence-electron chi connectivity index (χ0n) is 15.1. The highest BCUT2D eigenvalue weighted by Crippen LogP contribution is 2.21. The maximum absolute atomic E-state index is 13.8. The molecule has 1 atom stereocenters. The van der Waals surface area contributed by atoms with E-state index in [1.54, 1.807) is 50.9 Å². The third-order valence-electron chi connectivity index (χ3n) is 4.49. The molecule has 0 aliphatic rings. The van der Waals surface area contributed by atoms with Crippen LogP contribution in [0.3, 0.4) is 0 Å². The standard InChI is InChI=1S/C19H23FN2O3/c1-11-16(19(24)25-5)12(2)21-17(11)18(23)13(3)22(4)10-14-8-6-7-9-15(14)20/h6-9,13,21H,10H2,1-5H3. The lowest BCUT2D eigenvalue weighted by Gasteiger charge is -2.23. The summed E-state index contributed by atoms with van der Waals surface area (Å²) in [6, 6.07) is 6.01. The van der Waals surface area contributed by atoms with E-state index in [1.807, 2.05) is 0 Å². The van der Waals surface area contributed by atoms with Crippen molar-refractivity contribution in [3.05, 3.63) is 58.2 Å². The van der Waals surface area contributed by atoms with Gasteiger partial charge >= 0.3 is 5.97 Å². The number of aromatic amines is 1. The monoisotopic (exact) mass is 346 g/mol. The van der Waals surface area contributed by atoms with Gasteiger partial charge in [-0.15, -0.1) is 0 Å². The Balaban J connectivity index is 2.22. The van der Waals surface area contributed by atoms with Crippen LogP contribution in [0.5, 0.6) is 0 Å². The van der Waals surface area contributed by atoms with Crippen LogP contribution in [0.25, 0.3) is 0 Å². The maximum Gasteiger partial charge on any atom is 0.339 e. The maximum atomic E-state index is 13.8. The van der Waals surface area contributed by atoms with Crippen LogP contribution in [0.15, 0.2) is 24.3 Å². The Bertz CT molecular complexity index is 798. The Hall–Kier alpha value is -2.47. The summed E-state index contributed by atoms with van der Waals surface area (Å²) < 4.78 is 18.6. The van der Waals surface area contributed by atoms with Gasteiger partial charge in [-0.05, 0) is 39.4 Å². The topological polar surface area (TPSA) is 62.4 Å². The number of hydrogen-bond acceptors (Lipinski definition) is 4. The number of benzene rings is 1. The first-order chi connectivity index (χ1) is 11.8. The van der Waals surface area contributed by atoms with E-state index >= 15 is 0 Å². The number of aromatic nitrogens is 1. The highest BCUT2D eigenvalue weighted by Gasteiger charge is 2.27. The lowest BCUT2D eigenvalue weighted by molar-refractivity contribution is 0.0599. The summed E-state index contributed by atoms with van der Waals surface area (Å²) >= 11 is 0. The Kier molecular flexibility index (Phi) is 5.74. The molecule has 0 amide bonds. The molecule has 0 fully saturated rings. The number of ketones is 1. The second-order valence-electron chi connectivity index (χ2n) is 6.16. The second kappa shape index (κ2) is 7.61. The minimum Gasteiger partial charge on any atom is -0.465 e. The van der Waals surface area contributed by atoms with Crippen molar-refractivity contribution >= 4 is 11.8 Å². The lowest BCUT2D eigenvalue weighted by Crippen LogP contribution is -2.36. The highest BCUT2D eigenvalue weighted by molar-refractivity contribution is 6.03. The molecule has 2 aromatic rings. The predicted octanol–water partition coefficient (Wildman–Crippen LogP) is 3.26. The van der Waals surface area contributed by atoms with Crippen LogP contribution in [-0.4, -0.2) is 41.8 Å². The number of rotatable bonds is 6. The van der Waals surface area contributed by atoms with Crippen LogP contribution in [0.2, 0.25) is 0 Å². The molecule has 0 aliphatic carbocycles. The van der Waals surface area contributed by atoms with Crippen LogP contribution >= 0.6 is 0 Å². The van der Waals surface area contributed by atoms with Crippen LogP contribution < -0.4 is 0 Å². The fourth-order valence-corrected chi connectivity index (χ4v) is 2.85. The fraction of sp³-hybridized carbons (Fsp3) is 0.368. The molecule has 5 nitrogen and oxygen atoms in total. The van der Waals surface area contributed by atoms with Crippen molar-refractivity contribution in [1.82, 2.24) is 9.88 Å². The van der Waals surface area contributed by atoms with Crippen LogP contribution in [0.4, 0.5) is 4.39 Å². The molecule has 1 N–H and O–H groups in total. The van der Waals surface area contributed by atoms with Gasteiger partial charge in [0.1, 0.15) is 5.82 Å². The summed E-state index contributed by atoms with van der Waals surface area (Å²) in [5, 5.41) is 0. The molecule has 2 rings (SSSR count). The number of aryl methyl sites for hydroxylation is 1. The molecule has 0 bridgehead atoms. The Labute approximate surface area is 146 Å². The van der Waals surface area contributed by atoms with Crippen LogP contribution in [-0.2, 0) is 11.3 Å². The third-order valence-corrected chi connectivity index (χ3v) is 4.49. The molecule has 134 valence electrons. The van der Waals surface area contributed by atoms with Crippen LogP contribution in [0.1, 0.15) is 44.6 Å². The first-order valence-corrected chi connectivity index (χ1v) is 8.03. The molecule has 0 aliphatic heterocycles. The van der Waals surface area contributed by atoms with Gasteiger partial charge in [-0.2, -0.15) is 0 Å². The largest absolute Gasteiger partial charge is 0.465 e. The second-order valence-corrected chi connectivity index (χ2v) is 6.16. The molecule has 0 saturated heterocycles. The van der Waals surface area contributed by atoms with Crippen molar-refractivity contribution in [2.45, 2.75) is 33.4 Å². The van der Waals surface area contributed by atoms with E-state index in [0.717, 1.165) is 0 Å². The number of methoxy groups -OCH3 is 1. The van der Waals surface area contributed by atoms with E-state index < -0.39 is 12.0 Å². The normalized spacial score (nSPS) is 12.3. The number of halogens is 1. The summed E-state index contributed by atoms with van der Waals surface area (Å²) in [6.45, 7) is 5.51. The van der Waals surface area contributed by atoms with Gasteiger partial charge in [0.25, 0.3) is 0 Å². The number of hydrogen-bond donors (Lipinski definition) is 1. The van der Waals surface area contributed by atoms with Crippen molar-refractivity contribution in [2.24, 2.45) is 0 Å². The number of carbonyl (C=O) groups excluding carboxylic acids is 2. The molecule has 0 spiro atoms. The van der Waals surface area contributed by atoms with Crippen molar-refractivity contribution in [3.63, 3.8) is 0 Å². The minimum atomic E-state index is -0.484. The van der Waals surface area contributed by atoms with Gasteiger partial charge in [0, 0.05) is 17.8 Å². The first kappa shape index (κ1) is 18.9. The minimum absolute atomic E-state index is 0.158. The molecule has 1 heterocycles. The zero-order valence-corrected chi connectivity index (χ0v) is 15.1. The fourth-order valence-electron chi connectivity index (χ4n) is 2.85. The van der Waals surface area contributed by atoms with E-state index in [0.29, 0.717) is 34.6 Å². The SMILES string of the molecule is COC(=O)c1c(C)[nH]c(C(=O)C(C)N(C)Cc2ccccc2F)c1C. The Morgan fingerprint density at radius 1 is 1.28 bits per heavy atom. The average molecular weight is 346 g/mol. The summed E-state index contributed by atoms with van der Waals surface area (Å²) in [7, 11) is 3.07. The smallest absolute Gasteiger partial charge is 0.339 e. The number of H-pyrrole nitrogens is 1. The summed E-state index contributed by atoms with van der Waals surface area (Å²) in [4.78, 5) is 29.5. The van der Waals surface area contributed by atoms with Crippen molar-refractivity contribution in [3.8, 4) is 0 Å². The van der Waals surface area contributed by atoms with Gasteiger partial charge in [0.15, 0.2) is 5.78 Å². The zero-order chi connectivity index (χ0) is 18.7. The van der Waals surface area contributed by atoms with Gasteiger partial charge in [0.2, 0.25) is 0 Å². The predicted molar refractivity (Wildman–Crippen MR) is 93.3 cm³/mol. The van der Waals surface area contributed by atoms with E-state index in [2.05, 4.69) is 4.98 Å². The molecule has 0 radical (unpaired) electrons. The lowest BCUT2D eigenvalue weighted by atomic mass is 10.0. The molecule has 25 heavy (non-hydrogen) atoms. The van der Waals surface area contributed by atoms with E-state index in [4.69, 9.17) is 4.74 Å². The van der Waals surface area contributed by atoms with Gasteiger partial charge in [-0.3, -0.25) is 9.69 Å². The molecule has 1 aromatic heterocycles. The number of likely N-dealkylation sites (N-methyl/N-ethyl adjacent to an activating group) is 1. The Morgan fingerprint density at radius 3 is 2.52 bits per heavy atom. The van der Waals surface area contributed by atoms with Gasteiger partial charge in [-0.25, -0.2) is 9.18 Å². The van der Waals surface area contributed by atoms with Gasteiger partial charge < -0.3 is 9.72 Å². The molecule has 6 heteroatoms. The average Bonchev–Trinajstić information content (AvgIpc) is 2.89. The molecule has 1 aromatic carbocycles. The molecule has 0 saturated carbocycles.